The molecule has 0 fully saturated rings. The van der Waals surface area contributed by atoms with Crippen molar-refractivity contribution < 1.29 is 13.8 Å². The van der Waals surface area contributed by atoms with Gasteiger partial charge >= 0.3 is 0 Å². The zero-order valence-electron chi connectivity index (χ0n) is 15.9. The second kappa shape index (κ2) is 6.61. The summed E-state index contributed by atoms with van der Waals surface area (Å²) in [5.41, 5.74) is 5.44. The normalized spacial score (nSPS) is 13.7. The van der Waals surface area contributed by atoms with Crippen molar-refractivity contribution in [1.82, 2.24) is 25.2 Å². The van der Waals surface area contributed by atoms with Gasteiger partial charge < -0.3 is 13.9 Å². The summed E-state index contributed by atoms with van der Waals surface area (Å²) in [6.45, 7) is 8.59. The lowest BCUT2D eigenvalue weighted by molar-refractivity contribution is -0.129. The summed E-state index contributed by atoms with van der Waals surface area (Å²) >= 11 is 0. The van der Waals surface area contributed by atoms with Crippen LogP contribution >= 0.6 is 0 Å². The molecule has 1 aliphatic rings. The molecule has 1 aliphatic heterocycles. The third-order valence-corrected chi connectivity index (χ3v) is 5.04. The van der Waals surface area contributed by atoms with E-state index >= 15 is 0 Å². The van der Waals surface area contributed by atoms with E-state index in [4.69, 9.17) is 9.05 Å². The molecule has 8 nitrogen and oxygen atoms in total. The summed E-state index contributed by atoms with van der Waals surface area (Å²) in [6.07, 6.45) is 3.29. The number of aryl methyl sites for hydroxylation is 3. The Labute approximate surface area is 156 Å². The Balaban J connectivity index is 1.77. The zero-order chi connectivity index (χ0) is 19.1. The molecule has 140 valence electrons. The first kappa shape index (κ1) is 17.4. The fourth-order valence-electron chi connectivity index (χ4n) is 3.57. The molecule has 0 atom stereocenters. The Morgan fingerprint density at radius 3 is 2.78 bits per heavy atom. The molecule has 8 heteroatoms. The minimum atomic E-state index is 0.0691. The molecule has 0 aromatic carbocycles. The van der Waals surface area contributed by atoms with Crippen LogP contribution in [0.3, 0.4) is 0 Å². The Morgan fingerprint density at radius 2 is 2.04 bits per heavy atom. The van der Waals surface area contributed by atoms with Crippen LogP contribution in [0.15, 0.2) is 15.2 Å². The SMILES string of the molecule is CCc1noc(C)c1-c1nc(-c2c(C)ncc3c2CCN(C(C)=O)C3)no1. The molecule has 0 radical (unpaired) electrons. The topological polar surface area (TPSA) is 98.2 Å². The summed E-state index contributed by atoms with van der Waals surface area (Å²) in [5, 5.41) is 8.26. The number of nitrogens with zero attached hydrogens (tertiary/aromatic N) is 5. The zero-order valence-corrected chi connectivity index (χ0v) is 15.9. The predicted molar refractivity (Wildman–Crippen MR) is 96.7 cm³/mol. The van der Waals surface area contributed by atoms with E-state index in [0.29, 0.717) is 37.0 Å². The van der Waals surface area contributed by atoms with Crippen LogP contribution in [0.1, 0.15) is 42.1 Å². The van der Waals surface area contributed by atoms with Gasteiger partial charge in [-0.15, -0.1) is 0 Å². The van der Waals surface area contributed by atoms with Crippen LogP contribution < -0.4 is 0 Å². The highest BCUT2D eigenvalue weighted by Crippen LogP contribution is 2.33. The Kier molecular flexibility index (Phi) is 4.25. The Hall–Kier alpha value is -3.03. The van der Waals surface area contributed by atoms with Crippen LogP contribution in [0.2, 0.25) is 0 Å². The number of amides is 1. The van der Waals surface area contributed by atoms with Crippen molar-refractivity contribution in [2.45, 2.75) is 47.1 Å². The fraction of sp³-hybridized carbons (Fsp3) is 0.421. The largest absolute Gasteiger partial charge is 0.361 e. The van der Waals surface area contributed by atoms with Crippen molar-refractivity contribution in [3.05, 3.63) is 34.5 Å². The molecule has 0 saturated heterocycles. The van der Waals surface area contributed by atoms with Gasteiger partial charge in [-0.1, -0.05) is 17.2 Å². The van der Waals surface area contributed by atoms with Crippen LogP contribution in [0.5, 0.6) is 0 Å². The summed E-state index contributed by atoms with van der Waals surface area (Å²) in [7, 11) is 0. The van der Waals surface area contributed by atoms with Gasteiger partial charge in [0, 0.05) is 37.5 Å². The fourth-order valence-corrected chi connectivity index (χ4v) is 3.57. The summed E-state index contributed by atoms with van der Waals surface area (Å²) in [4.78, 5) is 22.6. The standard InChI is InChI=1S/C19H21N5O3/c1-5-15-17(11(3)26-22-15)19-21-18(23-27-19)16-10(2)20-8-13-9-24(12(4)25)7-6-14(13)16/h8H,5-7,9H2,1-4H3. The number of aromatic nitrogens is 4. The highest BCUT2D eigenvalue weighted by atomic mass is 16.5. The molecule has 4 rings (SSSR count). The van der Waals surface area contributed by atoms with Gasteiger partial charge in [-0.3, -0.25) is 9.78 Å². The molecule has 0 aliphatic carbocycles. The number of fused-ring (bicyclic) bond motifs is 1. The van der Waals surface area contributed by atoms with Crippen molar-refractivity contribution in [1.29, 1.82) is 0 Å². The molecule has 3 aromatic rings. The van der Waals surface area contributed by atoms with E-state index in [9.17, 15) is 4.79 Å². The van der Waals surface area contributed by atoms with Crippen LogP contribution in [0.4, 0.5) is 0 Å². The Morgan fingerprint density at radius 1 is 1.22 bits per heavy atom. The second-order valence-electron chi connectivity index (χ2n) is 6.75. The first-order valence-corrected chi connectivity index (χ1v) is 9.02. The average Bonchev–Trinajstić information content (AvgIpc) is 3.27. The maximum atomic E-state index is 11.7. The van der Waals surface area contributed by atoms with E-state index in [1.165, 1.54) is 0 Å². The quantitative estimate of drug-likeness (QED) is 0.702. The van der Waals surface area contributed by atoms with Gasteiger partial charge in [0.1, 0.15) is 11.3 Å². The lowest BCUT2D eigenvalue weighted by atomic mass is 9.94. The first-order valence-electron chi connectivity index (χ1n) is 9.02. The van der Waals surface area contributed by atoms with Crippen LogP contribution in [0.25, 0.3) is 22.8 Å². The van der Waals surface area contributed by atoms with Gasteiger partial charge in [-0.2, -0.15) is 4.98 Å². The molecule has 0 spiro atoms. The van der Waals surface area contributed by atoms with Crippen LogP contribution in [-0.4, -0.2) is 37.6 Å². The average molecular weight is 367 g/mol. The lowest BCUT2D eigenvalue weighted by Gasteiger charge is -2.29. The maximum absolute atomic E-state index is 11.7. The van der Waals surface area contributed by atoms with Gasteiger partial charge in [-0.25, -0.2) is 0 Å². The molecular formula is C19H21N5O3. The van der Waals surface area contributed by atoms with Crippen LogP contribution in [-0.2, 0) is 24.2 Å². The van der Waals surface area contributed by atoms with E-state index in [2.05, 4.69) is 20.3 Å². The highest BCUT2D eigenvalue weighted by Gasteiger charge is 2.26. The number of hydrogen-bond acceptors (Lipinski definition) is 7. The van der Waals surface area contributed by atoms with E-state index in [-0.39, 0.29) is 5.91 Å². The number of rotatable bonds is 3. The highest BCUT2D eigenvalue weighted by molar-refractivity contribution is 5.74. The molecule has 0 N–H and O–H groups in total. The van der Waals surface area contributed by atoms with Crippen molar-refractivity contribution in [3.8, 4) is 22.8 Å². The van der Waals surface area contributed by atoms with E-state index < -0.39 is 0 Å². The van der Waals surface area contributed by atoms with Gasteiger partial charge in [0.05, 0.1) is 5.69 Å². The molecule has 0 unspecified atom stereocenters. The second-order valence-corrected chi connectivity index (χ2v) is 6.75. The van der Waals surface area contributed by atoms with Gasteiger partial charge in [0.2, 0.25) is 11.7 Å². The lowest BCUT2D eigenvalue weighted by Crippen LogP contribution is -2.34. The minimum Gasteiger partial charge on any atom is -0.361 e. The molecular weight excluding hydrogens is 346 g/mol. The van der Waals surface area contributed by atoms with Gasteiger partial charge in [-0.05, 0) is 37.8 Å². The smallest absolute Gasteiger partial charge is 0.263 e. The summed E-state index contributed by atoms with van der Waals surface area (Å²) in [6, 6.07) is 0. The molecule has 27 heavy (non-hydrogen) atoms. The third-order valence-electron chi connectivity index (χ3n) is 5.04. The van der Waals surface area contributed by atoms with Gasteiger partial charge in [0.25, 0.3) is 5.89 Å². The summed E-state index contributed by atoms with van der Waals surface area (Å²) in [5.74, 6) is 1.63. The van der Waals surface area contributed by atoms with Crippen LogP contribution in [0, 0.1) is 13.8 Å². The number of carbonyl (C=O) groups excluding carboxylic acids is 1. The van der Waals surface area contributed by atoms with E-state index in [0.717, 1.165) is 40.1 Å². The van der Waals surface area contributed by atoms with Crippen molar-refractivity contribution in [2.24, 2.45) is 0 Å². The van der Waals surface area contributed by atoms with Gasteiger partial charge in [0.15, 0.2) is 0 Å². The first-order chi connectivity index (χ1) is 13.0. The van der Waals surface area contributed by atoms with E-state index in [1.54, 1.807) is 6.92 Å². The van der Waals surface area contributed by atoms with E-state index in [1.807, 2.05) is 31.9 Å². The summed E-state index contributed by atoms with van der Waals surface area (Å²) < 4.78 is 10.8. The Bertz CT molecular complexity index is 1020. The monoisotopic (exact) mass is 367 g/mol. The number of carbonyl (C=O) groups is 1. The molecule has 0 saturated carbocycles. The number of pyridine rings is 1. The molecule has 4 heterocycles. The molecule has 1 amide bonds. The maximum Gasteiger partial charge on any atom is 0.263 e. The predicted octanol–water partition coefficient (Wildman–Crippen LogP) is 2.87. The minimum absolute atomic E-state index is 0.0691. The van der Waals surface area contributed by atoms with Crippen molar-refractivity contribution in [2.75, 3.05) is 6.54 Å². The molecule has 0 bridgehead atoms. The van der Waals surface area contributed by atoms with Crippen molar-refractivity contribution in [3.63, 3.8) is 0 Å². The number of hydrogen-bond donors (Lipinski definition) is 0. The molecule has 3 aromatic heterocycles. The third kappa shape index (κ3) is 2.90. The van der Waals surface area contributed by atoms with Crippen molar-refractivity contribution >= 4 is 5.91 Å².